The number of nitrogens with one attached hydrogen (secondary N) is 1. The number of alkyl halides is 1. The molecule has 0 atom stereocenters. The van der Waals surface area contributed by atoms with Crippen molar-refractivity contribution in [2.45, 2.75) is 12.8 Å². The van der Waals surface area contributed by atoms with Crippen molar-refractivity contribution >= 4 is 61.8 Å². The first-order valence-corrected chi connectivity index (χ1v) is 12.4. The largest absolute Gasteiger partial charge is 0.490 e. The van der Waals surface area contributed by atoms with Crippen molar-refractivity contribution in [1.82, 2.24) is 0 Å². The highest BCUT2D eigenvalue weighted by Gasteiger charge is 2.11. The van der Waals surface area contributed by atoms with Crippen molar-refractivity contribution in [2.75, 3.05) is 36.4 Å². The lowest BCUT2D eigenvalue weighted by molar-refractivity contribution is -0.120. The summed E-state index contributed by atoms with van der Waals surface area (Å²) in [5, 5.41) is 3.94. The second-order valence-electron chi connectivity index (χ2n) is 6.52. The van der Waals surface area contributed by atoms with Gasteiger partial charge in [0.25, 0.3) is 0 Å². The van der Waals surface area contributed by atoms with E-state index in [0.717, 1.165) is 11.9 Å². The van der Waals surface area contributed by atoms with E-state index in [-0.39, 0.29) is 24.6 Å². The van der Waals surface area contributed by atoms with Crippen LogP contribution in [-0.2, 0) is 14.6 Å². The highest BCUT2D eigenvalue weighted by molar-refractivity contribution is 7.90. The zero-order valence-electron chi connectivity index (χ0n) is 16.3. The zero-order valence-corrected chi connectivity index (χ0v) is 19.4. The molecule has 6 nitrogen and oxygen atoms in total. The molecule has 0 fully saturated rings. The Morgan fingerprint density at radius 1 is 1.03 bits per heavy atom. The van der Waals surface area contributed by atoms with Crippen molar-refractivity contribution in [3.63, 3.8) is 0 Å². The lowest BCUT2D eigenvalue weighted by atomic mass is 10.2. The molecule has 0 saturated heterocycles. The van der Waals surface area contributed by atoms with Gasteiger partial charge in [-0.25, -0.2) is 8.42 Å². The third kappa shape index (κ3) is 8.60. The number of carbonyl (C=O) groups excluding carboxylic acids is 1. The number of anilines is 2. The summed E-state index contributed by atoms with van der Waals surface area (Å²) in [7, 11) is -3.17. The Morgan fingerprint density at radius 2 is 1.67 bits per heavy atom. The van der Waals surface area contributed by atoms with Gasteiger partial charge in [0.15, 0.2) is 11.5 Å². The minimum atomic E-state index is -3.17. The van der Waals surface area contributed by atoms with Gasteiger partial charge in [-0.3, -0.25) is 4.79 Å². The lowest BCUT2D eigenvalue weighted by Crippen LogP contribution is -2.15. The number of carbonyl (C=O) groups is 1. The number of rotatable bonds is 12. The minimum Gasteiger partial charge on any atom is -0.490 e. The van der Waals surface area contributed by atoms with Crippen molar-refractivity contribution < 1.29 is 22.7 Å². The number of sulfone groups is 1. The molecule has 0 radical (unpaired) electrons. The van der Waals surface area contributed by atoms with Crippen LogP contribution in [0.3, 0.4) is 0 Å². The summed E-state index contributed by atoms with van der Waals surface area (Å²) < 4.78 is 33.1. The van der Waals surface area contributed by atoms with Gasteiger partial charge >= 0.3 is 0 Å². The molecular weight excluding hydrogens is 473 g/mol. The SMILES string of the molecule is CS(=O)(=O)CCC(=O)COc1ccc(Nc2cc(Cl)c(OCCCCl)c(Cl)c2)cc1. The topological polar surface area (TPSA) is 81.7 Å². The number of hydrogen-bond acceptors (Lipinski definition) is 6. The quantitative estimate of drug-likeness (QED) is 0.325. The van der Waals surface area contributed by atoms with Gasteiger partial charge in [-0.2, -0.15) is 0 Å². The van der Waals surface area contributed by atoms with Crippen LogP contribution in [0.5, 0.6) is 11.5 Å². The Bertz CT molecular complexity index is 942. The van der Waals surface area contributed by atoms with Gasteiger partial charge in [0.1, 0.15) is 22.2 Å². The summed E-state index contributed by atoms with van der Waals surface area (Å²) in [4.78, 5) is 11.7. The molecule has 0 aliphatic rings. The van der Waals surface area contributed by atoms with Gasteiger partial charge < -0.3 is 14.8 Å². The maximum Gasteiger partial charge on any atom is 0.171 e. The molecule has 1 N–H and O–H groups in total. The Kier molecular flexibility index (Phi) is 9.55. The van der Waals surface area contributed by atoms with Crippen LogP contribution in [0, 0.1) is 0 Å². The van der Waals surface area contributed by atoms with Crippen LogP contribution < -0.4 is 14.8 Å². The van der Waals surface area contributed by atoms with Crippen LogP contribution in [0.4, 0.5) is 11.4 Å². The smallest absolute Gasteiger partial charge is 0.171 e. The van der Waals surface area contributed by atoms with E-state index >= 15 is 0 Å². The number of Topliss-reactive ketones (excluding diaryl/α,β-unsaturated/α-hetero) is 1. The molecule has 0 heterocycles. The van der Waals surface area contributed by atoms with Crippen molar-refractivity contribution in [1.29, 1.82) is 0 Å². The molecule has 2 rings (SSSR count). The molecule has 0 aliphatic heterocycles. The maximum absolute atomic E-state index is 11.7. The Labute approximate surface area is 191 Å². The molecule has 30 heavy (non-hydrogen) atoms. The summed E-state index contributed by atoms with van der Waals surface area (Å²) in [6.45, 7) is 0.243. The minimum absolute atomic E-state index is 0.0639. The normalized spacial score (nSPS) is 11.2. The van der Waals surface area contributed by atoms with E-state index in [1.807, 2.05) is 0 Å². The molecule has 2 aromatic carbocycles. The van der Waals surface area contributed by atoms with Crippen molar-refractivity contribution in [3.05, 3.63) is 46.4 Å². The number of ether oxygens (including phenoxy) is 2. The van der Waals surface area contributed by atoms with E-state index in [1.165, 1.54) is 0 Å². The highest BCUT2D eigenvalue weighted by atomic mass is 35.5. The number of benzene rings is 2. The van der Waals surface area contributed by atoms with Gasteiger partial charge in [0.2, 0.25) is 0 Å². The standard InChI is InChI=1S/C20H22Cl3NO5S/c1-30(26,27)10-7-16(25)13-29-17-5-3-14(4-6-17)24-15-11-18(22)20(19(23)12-15)28-9-2-8-21/h3-6,11-12,24H,2,7-10,13H2,1H3. The molecule has 0 aromatic heterocycles. The van der Waals surface area contributed by atoms with Crippen LogP contribution >= 0.6 is 34.8 Å². The lowest BCUT2D eigenvalue weighted by Gasteiger charge is -2.13. The van der Waals surface area contributed by atoms with Crippen LogP contribution in [0.1, 0.15) is 12.8 Å². The molecule has 0 bridgehead atoms. The fourth-order valence-electron chi connectivity index (χ4n) is 2.34. The Morgan fingerprint density at radius 3 is 2.23 bits per heavy atom. The first kappa shape index (κ1) is 24.6. The van der Waals surface area contributed by atoms with Gasteiger partial charge in [0.05, 0.1) is 22.4 Å². The zero-order chi connectivity index (χ0) is 22.1. The van der Waals surface area contributed by atoms with E-state index in [1.54, 1.807) is 36.4 Å². The van der Waals surface area contributed by atoms with Gasteiger partial charge in [-0.1, -0.05) is 23.2 Å². The number of halogens is 3. The summed E-state index contributed by atoms with van der Waals surface area (Å²) in [5.74, 6) is 0.939. The summed E-state index contributed by atoms with van der Waals surface area (Å²) >= 11 is 18.2. The van der Waals surface area contributed by atoms with Crippen LogP contribution in [0.15, 0.2) is 36.4 Å². The molecule has 0 unspecified atom stereocenters. The molecule has 164 valence electrons. The molecular formula is C20H22Cl3NO5S. The fourth-order valence-corrected chi connectivity index (χ4v) is 3.64. The summed E-state index contributed by atoms with van der Waals surface area (Å²) in [6.07, 6.45) is 1.72. The van der Waals surface area contributed by atoms with Crippen molar-refractivity contribution in [3.8, 4) is 11.5 Å². The predicted molar refractivity (Wildman–Crippen MR) is 122 cm³/mol. The van der Waals surface area contributed by atoms with E-state index in [0.29, 0.717) is 46.1 Å². The molecule has 0 spiro atoms. The van der Waals surface area contributed by atoms with E-state index in [9.17, 15) is 13.2 Å². The monoisotopic (exact) mass is 493 g/mol. The molecule has 0 amide bonds. The van der Waals surface area contributed by atoms with Gasteiger partial charge in [0, 0.05) is 29.9 Å². The third-order valence-corrected chi connectivity index (χ3v) is 5.59. The third-order valence-electron chi connectivity index (χ3n) is 3.82. The average molecular weight is 495 g/mol. The molecule has 2 aromatic rings. The van der Waals surface area contributed by atoms with Crippen molar-refractivity contribution in [2.24, 2.45) is 0 Å². The number of ketones is 1. The first-order valence-electron chi connectivity index (χ1n) is 9.05. The van der Waals surface area contributed by atoms with Gasteiger partial charge in [-0.15, -0.1) is 11.6 Å². The van der Waals surface area contributed by atoms with E-state index in [4.69, 9.17) is 44.3 Å². The predicted octanol–water partition coefficient (Wildman–Crippen LogP) is 5.13. The summed E-state index contributed by atoms with van der Waals surface area (Å²) in [6, 6.07) is 10.3. The molecule has 10 heteroatoms. The fraction of sp³-hybridized carbons (Fsp3) is 0.350. The summed E-state index contributed by atoms with van der Waals surface area (Å²) in [5.41, 5.74) is 1.44. The second-order valence-corrected chi connectivity index (χ2v) is 9.97. The maximum atomic E-state index is 11.7. The van der Waals surface area contributed by atoms with Crippen LogP contribution in [-0.4, -0.2) is 45.3 Å². The van der Waals surface area contributed by atoms with Crippen LogP contribution in [0.2, 0.25) is 10.0 Å². The Balaban J connectivity index is 1.92. The van der Waals surface area contributed by atoms with Gasteiger partial charge in [-0.05, 0) is 42.8 Å². The van der Waals surface area contributed by atoms with Crippen LogP contribution in [0.25, 0.3) is 0 Å². The van der Waals surface area contributed by atoms with E-state index < -0.39 is 9.84 Å². The molecule has 0 aliphatic carbocycles. The average Bonchev–Trinajstić information content (AvgIpc) is 2.67. The Hall–Kier alpha value is -1.67. The first-order chi connectivity index (χ1) is 14.2. The number of hydrogen-bond donors (Lipinski definition) is 1. The second kappa shape index (κ2) is 11.6. The molecule has 0 saturated carbocycles. The van der Waals surface area contributed by atoms with E-state index in [2.05, 4.69) is 5.32 Å². The highest BCUT2D eigenvalue weighted by Crippen LogP contribution is 2.37.